The smallest absolute Gasteiger partial charge is 0.244 e. The first-order valence-electron chi connectivity index (χ1n) is 6.46. The van der Waals surface area contributed by atoms with E-state index in [1.807, 2.05) is 0 Å². The maximum Gasteiger partial charge on any atom is 0.244 e. The Morgan fingerprint density at radius 1 is 1.26 bits per heavy atom. The summed E-state index contributed by atoms with van der Waals surface area (Å²) in [6, 6.07) is 4.70. The van der Waals surface area contributed by atoms with Crippen LogP contribution in [0, 0.1) is 5.92 Å². The van der Waals surface area contributed by atoms with Gasteiger partial charge < -0.3 is 5.73 Å². The van der Waals surface area contributed by atoms with E-state index in [9.17, 15) is 8.42 Å². The molecular formula is C13H19ClN2O2S. The van der Waals surface area contributed by atoms with Gasteiger partial charge >= 0.3 is 0 Å². The van der Waals surface area contributed by atoms with Gasteiger partial charge in [0.15, 0.2) is 0 Å². The Bertz CT molecular complexity index is 532. The topological polar surface area (TPSA) is 72.2 Å². The van der Waals surface area contributed by atoms with Crippen LogP contribution in [-0.2, 0) is 10.0 Å². The molecule has 2 rings (SSSR count). The second-order valence-corrected chi connectivity index (χ2v) is 7.29. The van der Waals surface area contributed by atoms with E-state index in [0.717, 1.165) is 25.7 Å². The van der Waals surface area contributed by atoms with Crippen LogP contribution < -0.4 is 10.5 Å². The van der Waals surface area contributed by atoms with Crippen LogP contribution in [0.4, 0.5) is 5.69 Å². The van der Waals surface area contributed by atoms with Crippen LogP contribution >= 0.6 is 11.6 Å². The second kappa shape index (κ2) is 5.69. The zero-order chi connectivity index (χ0) is 14.0. The fourth-order valence-electron chi connectivity index (χ4n) is 2.47. The molecule has 3 N–H and O–H groups in total. The molecule has 0 aromatic heterocycles. The number of anilines is 1. The normalized spacial score (nSPS) is 24.3. The zero-order valence-electron chi connectivity index (χ0n) is 10.9. The van der Waals surface area contributed by atoms with Gasteiger partial charge in [0, 0.05) is 6.04 Å². The van der Waals surface area contributed by atoms with Crippen molar-refractivity contribution in [3.63, 3.8) is 0 Å². The van der Waals surface area contributed by atoms with Crippen molar-refractivity contribution in [2.45, 2.75) is 43.5 Å². The molecule has 0 atom stereocenters. The first-order valence-corrected chi connectivity index (χ1v) is 8.32. The molecule has 0 aliphatic heterocycles. The average Bonchev–Trinajstić information content (AvgIpc) is 2.31. The third-order valence-corrected chi connectivity index (χ3v) is 5.67. The van der Waals surface area contributed by atoms with Crippen molar-refractivity contribution in [2.24, 2.45) is 5.92 Å². The molecule has 106 valence electrons. The van der Waals surface area contributed by atoms with Crippen molar-refractivity contribution in [2.75, 3.05) is 5.73 Å². The van der Waals surface area contributed by atoms with Crippen molar-refractivity contribution < 1.29 is 8.42 Å². The van der Waals surface area contributed by atoms with Gasteiger partial charge in [0.25, 0.3) is 0 Å². The van der Waals surface area contributed by atoms with Gasteiger partial charge in [-0.1, -0.05) is 24.6 Å². The summed E-state index contributed by atoms with van der Waals surface area (Å²) in [6.45, 7) is 2.19. The molecule has 1 fully saturated rings. The van der Waals surface area contributed by atoms with Gasteiger partial charge in [-0.15, -0.1) is 0 Å². The maximum absolute atomic E-state index is 12.3. The Hall–Kier alpha value is -0.780. The lowest BCUT2D eigenvalue weighted by molar-refractivity contribution is 0.332. The second-order valence-electron chi connectivity index (χ2n) is 5.24. The summed E-state index contributed by atoms with van der Waals surface area (Å²) in [4.78, 5) is -0.00436. The minimum absolute atomic E-state index is 0.00436. The fourth-order valence-corrected chi connectivity index (χ4v) is 4.45. The molecule has 0 saturated heterocycles. The Morgan fingerprint density at radius 3 is 2.47 bits per heavy atom. The number of nitrogens with one attached hydrogen (secondary N) is 1. The summed E-state index contributed by atoms with van der Waals surface area (Å²) in [7, 11) is -3.65. The van der Waals surface area contributed by atoms with Crippen LogP contribution in [0.25, 0.3) is 0 Å². The van der Waals surface area contributed by atoms with Gasteiger partial charge in [0.2, 0.25) is 10.0 Å². The molecule has 19 heavy (non-hydrogen) atoms. The average molecular weight is 303 g/mol. The van der Waals surface area contributed by atoms with Crippen molar-refractivity contribution in [3.05, 3.63) is 23.2 Å². The van der Waals surface area contributed by atoms with E-state index in [1.54, 1.807) is 12.1 Å². The molecule has 0 bridgehead atoms. The summed E-state index contributed by atoms with van der Waals surface area (Å²) >= 11 is 5.96. The number of nitrogens with two attached hydrogens (primary N) is 1. The quantitative estimate of drug-likeness (QED) is 0.843. The SMILES string of the molecule is CC1CCC(NS(=O)(=O)c2c(N)cccc2Cl)CC1. The summed E-state index contributed by atoms with van der Waals surface area (Å²) in [5.74, 6) is 0.672. The van der Waals surface area contributed by atoms with Crippen molar-refractivity contribution in [3.8, 4) is 0 Å². The van der Waals surface area contributed by atoms with E-state index in [0.29, 0.717) is 5.92 Å². The molecule has 1 saturated carbocycles. The lowest BCUT2D eigenvalue weighted by Gasteiger charge is -2.27. The van der Waals surface area contributed by atoms with Gasteiger partial charge in [-0.2, -0.15) is 0 Å². The van der Waals surface area contributed by atoms with Crippen molar-refractivity contribution in [1.82, 2.24) is 4.72 Å². The maximum atomic E-state index is 12.3. The minimum Gasteiger partial charge on any atom is -0.398 e. The Morgan fingerprint density at radius 2 is 1.89 bits per heavy atom. The Balaban J connectivity index is 2.19. The van der Waals surface area contributed by atoms with Crippen LogP contribution in [-0.4, -0.2) is 14.5 Å². The van der Waals surface area contributed by atoms with Crippen LogP contribution in [0.15, 0.2) is 23.1 Å². The van der Waals surface area contributed by atoms with Crippen LogP contribution in [0.2, 0.25) is 5.02 Å². The third kappa shape index (κ3) is 3.41. The number of benzene rings is 1. The number of hydrogen-bond acceptors (Lipinski definition) is 3. The van der Waals surface area contributed by atoms with Gasteiger partial charge in [0.1, 0.15) is 4.90 Å². The van der Waals surface area contributed by atoms with Gasteiger partial charge in [-0.25, -0.2) is 13.1 Å². The number of sulfonamides is 1. The monoisotopic (exact) mass is 302 g/mol. The molecule has 4 nitrogen and oxygen atoms in total. The van der Waals surface area contributed by atoms with Crippen LogP contribution in [0.1, 0.15) is 32.6 Å². The Labute approximate surface area is 119 Å². The third-order valence-electron chi connectivity index (χ3n) is 3.60. The molecule has 0 unspecified atom stereocenters. The summed E-state index contributed by atoms with van der Waals surface area (Å²) in [6.07, 6.45) is 3.83. The summed E-state index contributed by atoms with van der Waals surface area (Å²) in [5.41, 5.74) is 5.92. The van der Waals surface area contributed by atoms with E-state index in [1.165, 1.54) is 6.07 Å². The lowest BCUT2D eigenvalue weighted by Crippen LogP contribution is -2.37. The first-order chi connectivity index (χ1) is 8.90. The van der Waals surface area contributed by atoms with Crippen LogP contribution in [0.5, 0.6) is 0 Å². The molecule has 1 aromatic carbocycles. The van der Waals surface area contributed by atoms with E-state index in [2.05, 4.69) is 11.6 Å². The predicted octanol–water partition coefficient (Wildman–Crippen LogP) is 2.78. The van der Waals surface area contributed by atoms with E-state index >= 15 is 0 Å². The number of rotatable bonds is 3. The highest BCUT2D eigenvalue weighted by molar-refractivity contribution is 7.89. The molecule has 1 aromatic rings. The number of hydrogen-bond donors (Lipinski definition) is 2. The highest BCUT2D eigenvalue weighted by Gasteiger charge is 2.27. The molecule has 0 heterocycles. The molecule has 1 aliphatic rings. The molecule has 0 amide bonds. The van der Waals surface area contributed by atoms with Crippen molar-refractivity contribution in [1.29, 1.82) is 0 Å². The van der Waals surface area contributed by atoms with E-state index in [-0.39, 0.29) is 21.6 Å². The molecule has 1 aliphatic carbocycles. The highest BCUT2D eigenvalue weighted by atomic mass is 35.5. The minimum atomic E-state index is -3.65. The largest absolute Gasteiger partial charge is 0.398 e. The first kappa shape index (κ1) is 14.6. The highest BCUT2D eigenvalue weighted by Crippen LogP contribution is 2.29. The van der Waals surface area contributed by atoms with Gasteiger partial charge in [-0.3, -0.25) is 0 Å². The van der Waals surface area contributed by atoms with E-state index < -0.39 is 10.0 Å². The van der Waals surface area contributed by atoms with E-state index in [4.69, 9.17) is 17.3 Å². The fraction of sp³-hybridized carbons (Fsp3) is 0.538. The molecule has 0 radical (unpaired) electrons. The Kier molecular flexibility index (Phi) is 4.38. The molecule has 0 spiro atoms. The summed E-state index contributed by atoms with van der Waals surface area (Å²) < 4.78 is 27.4. The number of nitrogen functional groups attached to an aromatic ring is 1. The number of halogens is 1. The molecular weight excluding hydrogens is 284 g/mol. The van der Waals surface area contributed by atoms with Gasteiger partial charge in [0.05, 0.1) is 10.7 Å². The van der Waals surface area contributed by atoms with Gasteiger partial charge in [-0.05, 0) is 43.7 Å². The predicted molar refractivity (Wildman–Crippen MR) is 77.6 cm³/mol. The summed E-state index contributed by atoms with van der Waals surface area (Å²) in [5, 5.41) is 0.164. The van der Waals surface area contributed by atoms with Crippen molar-refractivity contribution >= 4 is 27.3 Å². The van der Waals surface area contributed by atoms with Crippen LogP contribution in [0.3, 0.4) is 0 Å². The lowest BCUT2D eigenvalue weighted by atomic mass is 9.88. The standard InChI is InChI=1S/C13H19ClN2O2S/c1-9-5-7-10(8-6-9)16-19(17,18)13-11(14)3-2-4-12(13)15/h2-4,9-10,16H,5-8,15H2,1H3. The molecule has 6 heteroatoms. The zero-order valence-corrected chi connectivity index (χ0v) is 12.5.